The van der Waals surface area contributed by atoms with E-state index in [1.807, 2.05) is 0 Å². The molecule has 6 heteroatoms. The van der Waals surface area contributed by atoms with E-state index in [9.17, 15) is 4.89 Å². The summed E-state index contributed by atoms with van der Waals surface area (Å²) in [6, 6.07) is 0. The molecule has 0 aliphatic heterocycles. The molecule has 0 rings (SSSR count). The molecule has 0 bridgehead atoms. The molecule has 42 heavy (non-hydrogen) atoms. The molecule has 2 nitrogen and oxygen atoms in total. The fraction of sp³-hybridized carbons (Fsp3) is 1.00. The van der Waals surface area contributed by atoms with Gasteiger partial charge in [-0.3, -0.25) is 0 Å². The Morgan fingerprint density at radius 2 is 0.667 bits per heavy atom. The molecule has 1 atom stereocenters. The van der Waals surface area contributed by atoms with Crippen LogP contribution in [-0.4, -0.2) is 12.4 Å². The largest absolute Gasteiger partial charge is 0.793 e. The van der Waals surface area contributed by atoms with Crippen LogP contribution in [0.25, 0.3) is 0 Å². The molecule has 0 amide bonds. The SMILES string of the molecule is CCCCCCCCCCCCCCCCCCOP([O-])(=S)SCCCCCCCCCCCCCCCCCC.[Ni]. The van der Waals surface area contributed by atoms with Crippen molar-refractivity contribution in [1.82, 2.24) is 0 Å². The Hall–Kier alpha value is 1.41. The van der Waals surface area contributed by atoms with Crippen molar-refractivity contribution in [3.63, 3.8) is 0 Å². The fourth-order valence-electron chi connectivity index (χ4n) is 5.69. The normalized spacial score (nSPS) is 12.8. The summed E-state index contributed by atoms with van der Waals surface area (Å²) in [6.45, 7) is 5.16. The first-order valence-electron chi connectivity index (χ1n) is 18.7. The maximum absolute atomic E-state index is 12.5. The van der Waals surface area contributed by atoms with Gasteiger partial charge < -0.3 is 9.42 Å². The molecule has 0 fully saturated rings. The minimum atomic E-state index is -2.87. The molecule has 0 aromatic heterocycles. The molecule has 0 aromatic carbocycles. The summed E-state index contributed by atoms with van der Waals surface area (Å²) in [5.41, 5.74) is -2.87. The number of unbranched alkanes of at least 4 members (excludes halogenated alkanes) is 30. The second kappa shape index (κ2) is 38.6. The van der Waals surface area contributed by atoms with Gasteiger partial charge >= 0.3 is 0 Å². The maximum atomic E-state index is 12.5. The van der Waals surface area contributed by atoms with Crippen molar-refractivity contribution in [2.24, 2.45) is 0 Å². The van der Waals surface area contributed by atoms with Gasteiger partial charge in [-0.1, -0.05) is 218 Å². The minimum absolute atomic E-state index is 0. The van der Waals surface area contributed by atoms with Crippen LogP contribution >= 0.6 is 17.1 Å². The van der Waals surface area contributed by atoms with E-state index in [1.165, 1.54) is 204 Å². The fourth-order valence-corrected chi connectivity index (χ4v) is 9.07. The monoisotopic (exact) mass is 691 g/mol. The zero-order valence-electron chi connectivity index (χ0n) is 28.4. The third kappa shape index (κ3) is 39.4. The summed E-state index contributed by atoms with van der Waals surface area (Å²) in [6.07, 6.45) is 43.9. The Labute approximate surface area is 285 Å². The number of hydrogen-bond donors (Lipinski definition) is 0. The third-order valence-electron chi connectivity index (χ3n) is 8.49. The van der Waals surface area contributed by atoms with Gasteiger partial charge in [-0.15, -0.1) is 11.4 Å². The molecular formula is C36H74NiO2PS2-. The van der Waals surface area contributed by atoms with Crippen LogP contribution in [0.3, 0.4) is 0 Å². The van der Waals surface area contributed by atoms with Crippen LogP contribution in [0.15, 0.2) is 0 Å². The molecule has 0 aromatic rings. The van der Waals surface area contributed by atoms with Crippen LogP contribution in [0.1, 0.15) is 219 Å². The first-order chi connectivity index (χ1) is 20.1. The Balaban J connectivity index is 0. The first-order valence-corrected chi connectivity index (χ1v) is 23.0. The molecule has 0 spiro atoms. The minimum Gasteiger partial charge on any atom is -0.793 e. The zero-order chi connectivity index (χ0) is 30.0. The average Bonchev–Trinajstić information content (AvgIpc) is 2.96. The Bertz CT molecular complexity index is 497. The Morgan fingerprint density at radius 3 is 0.952 bits per heavy atom. The van der Waals surface area contributed by atoms with Crippen molar-refractivity contribution in [2.75, 3.05) is 12.4 Å². The van der Waals surface area contributed by atoms with Gasteiger partial charge in [0.05, 0.1) is 6.61 Å². The van der Waals surface area contributed by atoms with Gasteiger partial charge in [0.15, 0.2) is 0 Å². The van der Waals surface area contributed by atoms with Gasteiger partial charge in [-0.05, 0) is 18.6 Å². The van der Waals surface area contributed by atoms with E-state index >= 15 is 0 Å². The summed E-state index contributed by atoms with van der Waals surface area (Å²) < 4.78 is 5.61. The quantitative estimate of drug-likeness (QED) is 0.0372. The molecule has 0 radical (unpaired) electrons. The molecular weight excluding hydrogens is 618 g/mol. The number of hydrogen-bond acceptors (Lipinski definition) is 4. The van der Waals surface area contributed by atoms with E-state index in [0.29, 0.717) is 6.61 Å². The van der Waals surface area contributed by atoms with E-state index in [4.69, 9.17) is 16.3 Å². The van der Waals surface area contributed by atoms with Crippen LogP contribution in [0, 0.1) is 0 Å². The van der Waals surface area contributed by atoms with Crippen molar-refractivity contribution in [3.05, 3.63) is 0 Å². The topological polar surface area (TPSA) is 32.3 Å². The van der Waals surface area contributed by atoms with Crippen LogP contribution in [0.2, 0.25) is 0 Å². The summed E-state index contributed by atoms with van der Waals surface area (Å²) in [7, 11) is 0. The predicted molar refractivity (Wildman–Crippen MR) is 192 cm³/mol. The molecule has 0 aliphatic rings. The summed E-state index contributed by atoms with van der Waals surface area (Å²) in [5.74, 6) is 0.887. The summed E-state index contributed by atoms with van der Waals surface area (Å²) in [4.78, 5) is 12.5. The number of rotatable bonds is 36. The van der Waals surface area contributed by atoms with Gasteiger partial charge in [0.2, 0.25) is 0 Å². The molecule has 0 heterocycles. The van der Waals surface area contributed by atoms with Crippen LogP contribution in [-0.2, 0) is 32.8 Å². The van der Waals surface area contributed by atoms with Crippen LogP contribution < -0.4 is 4.89 Å². The van der Waals surface area contributed by atoms with Gasteiger partial charge in [-0.25, -0.2) is 0 Å². The second-order valence-electron chi connectivity index (χ2n) is 12.7. The first kappa shape index (κ1) is 45.5. The van der Waals surface area contributed by atoms with Crippen LogP contribution in [0.4, 0.5) is 0 Å². The van der Waals surface area contributed by atoms with E-state index in [0.717, 1.165) is 18.6 Å². The maximum Gasteiger partial charge on any atom is 0.0513 e. The Morgan fingerprint density at radius 1 is 0.429 bits per heavy atom. The van der Waals surface area contributed by atoms with E-state index in [1.54, 1.807) is 0 Å². The van der Waals surface area contributed by atoms with Gasteiger partial charge in [0.1, 0.15) is 0 Å². The van der Waals surface area contributed by atoms with E-state index in [-0.39, 0.29) is 16.5 Å². The van der Waals surface area contributed by atoms with E-state index in [2.05, 4.69) is 13.8 Å². The molecule has 258 valence electrons. The standard InChI is InChI=1S/C36H75O2PS2.Ni/c1-3-5-7-9-11-13-15-17-19-21-23-25-27-29-31-33-35-38-39(37,40)41-36-34-32-30-28-26-24-22-20-18-16-14-12-10-8-6-4-2;/h3-36H2,1-2H3,(H,37,40);/p-1. The van der Waals surface area contributed by atoms with Gasteiger partial charge in [0.25, 0.3) is 0 Å². The molecule has 0 saturated carbocycles. The second-order valence-corrected chi connectivity index (χ2v) is 18.9. The average molecular weight is 693 g/mol. The van der Waals surface area contributed by atoms with Crippen molar-refractivity contribution in [2.45, 2.75) is 219 Å². The summed E-state index contributed by atoms with van der Waals surface area (Å²) in [5, 5.41) is 0. The molecule has 0 N–H and O–H groups in total. The van der Waals surface area contributed by atoms with Crippen molar-refractivity contribution >= 4 is 28.9 Å². The Kier molecular flexibility index (Phi) is 41.8. The van der Waals surface area contributed by atoms with Gasteiger partial charge in [-0.2, -0.15) is 0 Å². The molecule has 0 aliphatic carbocycles. The van der Waals surface area contributed by atoms with Crippen molar-refractivity contribution in [1.29, 1.82) is 0 Å². The van der Waals surface area contributed by atoms with Gasteiger partial charge in [0, 0.05) is 22.2 Å². The smallest absolute Gasteiger partial charge is 0.0513 e. The van der Waals surface area contributed by atoms with Crippen molar-refractivity contribution < 1.29 is 25.9 Å². The third-order valence-corrected chi connectivity index (χ3v) is 12.9. The molecule has 0 saturated heterocycles. The van der Waals surface area contributed by atoms with Crippen LogP contribution in [0.5, 0.6) is 0 Å². The predicted octanol–water partition coefficient (Wildman–Crippen LogP) is 13.8. The summed E-state index contributed by atoms with van der Waals surface area (Å²) >= 11 is 6.66. The molecule has 1 unspecified atom stereocenters. The van der Waals surface area contributed by atoms with E-state index < -0.39 is 5.69 Å². The van der Waals surface area contributed by atoms with Crippen molar-refractivity contribution in [3.8, 4) is 0 Å². The zero-order valence-corrected chi connectivity index (χ0v) is 32.0.